The van der Waals surface area contributed by atoms with E-state index in [4.69, 9.17) is 4.74 Å². The number of sulfone groups is 1. The molecule has 1 aliphatic carbocycles. The van der Waals surface area contributed by atoms with Crippen molar-refractivity contribution in [2.45, 2.75) is 36.9 Å². The highest BCUT2D eigenvalue weighted by Gasteiger charge is 2.38. The van der Waals surface area contributed by atoms with Crippen molar-refractivity contribution < 1.29 is 17.9 Å². The molecule has 1 fully saturated rings. The lowest BCUT2D eigenvalue weighted by Crippen LogP contribution is -2.47. The molecule has 3 atom stereocenters. The fourth-order valence-electron chi connectivity index (χ4n) is 4.75. The summed E-state index contributed by atoms with van der Waals surface area (Å²) in [5.74, 6) is 0.417. The smallest absolute Gasteiger partial charge is 0.219 e. The van der Waals surface area contributed by atoms with Crippen LogP contribution in [0.2, 0.25) is 0 Å². The molecule has 3 aromatic heterocycles. The highest BCUT2D eigenvalue weighted by atomic mass is 32.2. The van der Waals surface area contributed by atoms with Crippen LogP contribution in [0, 0.1) is 5.92 Å². The van der Waals surface area contributed by atoms with Gasteiger partial charge >= 0.3 is 0 Å². The molecule has 4 heterocycles. The van der Waals surface area contributed by atoms with Crippen molar-refractivity contribution in [3.8, 4) is 17.1 Å². The SMILES string of the molecule is CC(=O)N1CCC[C@@H]1C1C=c2[nH]c(-c3cnccn3)cc2=CC1Oc1ccc(S(C)(=O)=O)nc1. The van der Waals surface area contributed by atoms with Crippen molar-refractivity contribution in [3.63, 3.8) is 0 Å². The Kier molecular flexibility index (Phi) is 5.68. The van der Waals surface area contributed by atoms with Gasteiger partial charge < -0.3 is 14.6 Å². The van der Waals surface area contributed by atoms with Gasteiger partial charge in [-0.3, -0.25) is 14.8 Å². The lowest BCUT2D eigenvalue weighted by Gasteiger charge is -2.34. The topological polar surface area (TPSA) is 118 Å². The third-order valence-corrected chi connectivity index (χ3v) is 7.31. The number of pyridine rings is 1. The first-order valence-electron chi connectivity index (χ1n) is 11.1. The van der Waals surface area contributed by atoms with E-state index in [0.29, 0.717) is 5.75 Å². The number of ether oxygens (including phenoxy) is 1. The molecular formula is C24H25N5O4S. The van der Waals surface area contributed by atoms with Gasteiger partial charge in [0.25, 0.3) is 0 Å². The summed E-state index contributed by atoms with van der Waals surface area (Å²) < 4.78 is 29.8. The quantitative estimate of drug-likeness (QED) is 0.578. The molecule has 1 saturated heterocycles. The molecule has 0 spiro atoms. The summed E-state index contributed by atoms with van der Waals surface area (Å²) in [5, 5.41) is 1.91. The summed E-state index contributed by atoms with van der Waals surface area (Å²) in [6.07, 6.45) is 13.1. The molecule has 0 radical (unpaired) electrons. The van der Waals surface area contributed by atoms with Crippen LogP contribution in [0.3, 0.4) is 0 Å². The van der Waals surface area contributed by atoms with Crippen LogP contribution in [-0.2, 0) is 14.6 Å². The Morgan fingerprint density at radius 1 is 1.18 bits per heavy atom. The number of carbonyl (C=O) groups is 1. The van der Waals surface area contributed by atoms with E-state index in [0.717, 1.165) is 47.6 Å². The summed E-state index contributed by atoms with van der Waals surface area (Å²) in [6, 6.07) is 5.06. The second kappa shape index (κ2) is 8.68. The van der Waals surface area contributed by atoms with Crippen molar-refractivity contribution in [3.05, 3.63) is 53.6 Å². The van der Waals surface area contributed by atoms with Crippen LogP contribution in [0.1, 0.15) is 19.8 Å². The van der Waals surface area contributed by atoms with Gasteiger partial charge in [0, 0.05) is 49.4 Å². The van der Waals surface area contributed by atoms with Crippen LogP contribution in [0.15, 0.2) is 48.0 Å². The minimum atomic E-state index is -3.40. The molecule has 0 bridgehead atoms. The molecule has 3 aromatic rings. The lowest BCUT2D eigenvalue weighted by molar-refractivity contribution is -0.130. The largest absolute Gasteiger partial charge is 0.484 e. The number of nitrogens with one attached hydrogen (secondary N) is 1. The van der Waals surface area contributed by atoms with E-state index in [9.17, 15) is 13.2 Å². The number of H-pyrrole nitrogens is 1. The molecule has 1 amide bonds. The van der Waals surface area contributed by atoms with Crippen LogP contribution in [0.4, 0.5) is 0 Å². The van der Waals surface area contributed by atoms with Gasteiger partial charge in [0.05, 0.1) is 18.1 Å². The number of nitrogens with zero attached hydrogens (tertiary/aromatic N) is 4. The minimum absolute atomic E-state index is 0.00146. The fraction of sp³-hybridized carbons (Fsp3) is 0.333. The van der Waals surface area contributed by atoms with Crippen molar-refractivity contribution in [2.24, 2.45) is 5.92 Å². The number of carbonyl (C=O) groups excluding carboxylic acids is 1. The van der Waals surface area contributed by atoms with Crippen molar-refractivity contribution in [1.82, 2.24) is 24.8 Å². The van der Waals surface area contributed by atoms with Crippen molar-refractivity contribution in [2.75, 3.05) is 12.8 Å². The van der Waals surface area contributed by atoms with E-state index in [2.05, 4.69) is 26.0 Å². The zero-order valence-electron chi connectivity index (χ0n) is 18.9. The summed E-state index contributed by atoms with van der Waals surface area (Å²) in [4.78, 5) is 30.2. The summed E-state index contributed by atoms with van der Waals surface area (Å²) in [6.45, 7) is 2.32. The third-order valence-electron chi connectivity index (χ3n) is 6.31. The standard InChI is InChI=1S/C24H25N5O4S/c1-15(30)29-9-3-4-22(29)18-12-19-16(10-20(28-19)21-14-25-7-8-26-21)11-23(18)33-17-5-6-24(27-13-17)34(2,31)32/h5-8,10-14,18,22-23,28H,3-4,9H2,1-2H3/t18?,22-,23?/m1/s1. The molecule has 176 valence electrons. The maximum Gasteiger partial charge on any atom is 0.219 e. The summed E-state index contributed by atoms with van der Waals surface area (Å²) >= 11 is 0. The number of hydrogen-bond acceptors (Lipinski definition) is 7. The number of rotatable bonds is 5. The van der Waals surface area contributed by atoms with Gasteiger partial charge in [-0.15, -0.1) is 0 Å². The second-order valence-electron chi connectivity index (χ2n) is 8.66. The van der Waals surface area contributed by atoms with Crippen LogP contribution < -0.4 is 15.3 Å². The Hall–Kier alpha value is -3.53. The molecule has 2 unspecified atom stereocenters. The summed E-state index contributed by atoms with van der Waals surface area (Å²) in [5.41, 5.74) is 1.58. The van der Waals surface area contributed by atoms with Crippen molar-refractivity contribution >= 4 is 27.9 Å². The highest BCUT2D eigenvalue weighted by Crippen LogP contribution is 2.31. The Labute approximate surface area is 197 Å². The number of hydrogen-bond donors (Lipinski definition) is 1. The lowest BCUT2D eigenvalue weighted by atomic mass is 9.88. The van der Waals surface area contributed by atoms with E-state index >= 15 is 0 Å². The van der Waals surface area contributed by atoms with Gasteiger partial charge in [-0.25, -0.2) is 13.4 Å². The number of amides is 1. The second-order valence-corrected chi connectivity index (χ2v) is 10.6. The Bertz CT molecular complexity index is 1430. The maximum atomic E-state index is 12.3. The molecule has 2 aliphatic rings. The number of fused-ring (bicyclic) bond motifs is 1. The van der Waals surface area contributed by atoms with Crippen LogP contribution >= 0.6 is 0 Å². The Morgan fingerprint density at radius 2 is 2.03 bits per heavy atom. The van der Waals surface area contributed by atoms with Crippen molar-refractivity contribution in [1.29, 1.82) is 0 Å². The number of aromatic amines is 1. The van der Waals surface area contributed by atoms with Gasteiger partial charge in [0.1, 0.15) is 17.5 Å². The van der Waals surface area contributed by atoms with E-state index in [-0.39, 0.29) is 29.0 Å². The molecule has 1 aliphatic heterocycles. The first-order chi connectivity index (χ1) is 16.3. The predicted molar refractivity (Wildman–Crippen MR) is 126 cm³/mol. The molecule has 9 nitrogen and oxygen atoms in total. The first kappa shape index (κ1) is 22.3. The average Bonchev–Trinajstić information content (AvgIpc) is 3.46. The summed E-state index contributed by atoms with van der Waals surface area (Å²) in [7, 11) is -3.40. The predicted octanol–water partition coefficient (Wildman–Crippen LogP) is 0.919. The molecule has 5 rings (SSSR count). The van der Waals surface area contributed by atoms with Gasteiger partial charge in [0.15, 0.2) is 14.9 Å². The van der Waals surface area contributed by atoms with Gasteiger partial charge in [-0.1, -0.05) is 6.08 Å². The third kappa shape index (κ3) is 4.33. The van der Waals surface area contributed by atoms with Gasteiger partial charge in [0.2, 0.25) is 5.91 Å². The monoisotopic (exact) mass is 479 g/mol. The molecule has 0 saturated carbocycles. The minimum Gasteiger partial charge on any atom is -0.484 e. The van der Waals surface area contributed by atoms with Crippen LogP contribution in [0.25, 0.3) is 23.5 Å². The average molecular weight is 480 g/mol. The number of likely N-dealkylation sites (tertiary alicyclic amines) is 1. The van der Waals surface area contributed by atoms with E-state index < -0.39 is 9.84 Å². The van der Waals surface area contributed by atoms with Crippen LogP contribution in [-0.4, -0.2) is 64.1 Å². The van der Waals surface area contributed by atoms with Crippen LogP contribution in [0.5, 0.6) is 5.75 Å². The Balaban J connectivity index is 1.54. The van der Waals surface area contributed by atoms with Gasteiger partial charge in [-0.05, 0) is 42.3 Å². The zero-order chi connectivity index (χ0) is 23.9. The Morgan fingerprint density at radius 3 is 2.71 bits per heavy atom. The zero-order valence-corrected chi connectivity index (χ0v) is 19.7. The highest BCUT2D eigenvalue weighted by molar-refractivity contribution is 7.90. The molecule has 0 aromatic carbocycles. The van der Waals surface area contributed by atoms with E-state index in [1.54, 1.807) is 31.6 Å². The molecule has 34 heavy (non-hydrogen) atoms. The van der Waals surface area contributed by atoms with E-state index in [1.807, 2.05) is 17.0 Å². The normalized spacial score (nSPS) is 21.9. The van der Waals surface area contributed by atoms with Gasteiger partial charge in [-0.2, -0.15) is 0 Å². The number of aromatic nitrogens is 4. The molecule has 10 heteroatoms. The maximum absolute atomic E-state index is 12.3. The molecule has 1 N–H and O–H groups in total. The van der Waals surface area contributed by atoms with E-state index in [1.165, 1.54) is 12.3 Å². The first-order valence-corrected chi connectivity index (χ1v) is 13.0. The molecular weight excluding hydrogens is 454 g/mol. The fourth-order valence-corrected chi connectivity index (χ4v) is 5.31.